The number of para-hydroxylation sites is 1. The topological polar surface area (TPSA) is 104 Å². The molecule has 0 radical (unpaired) electrons. The minimum atomic E-state index is -0.199. The fourth-order valence-corrected chi connectivity index (χ4v) is 3.24. The van der Waals surface area contributed by atoms with E-state index >= 15 is 0 Å². The van der Waals surface area contributed by atoms with Gasteiger partial charge in [0.2, 0.25) is 0 Å². The Morgan fingerprint density at radius 3 is 2.47 bits per heavy atom. The molecule has 0 spiro atoms. The highest BCUT2D eigenvalue weighted by Crippen LogP contribution is 2.21. The van der Waals surface area contributed by atoms with Crippen LogP contribution in [0.4, 0.5) is 10.2 Å². The van der Waals surface area contributed by atoms with Gasteiger partial charge in [0, 0.05) is 20.1 Å². The van der Waals surface area contributed by atoms with Crippen molar-refractivity contribution >= 4 is 35.8 Å². The van der Waals surface area contributed by atoms with Crippen molar-refractivity contribution in [3.8, 4) is 11.8 Å². The molecule has 168 valence electrons. The van der Waals surface area contributed by atoms with Gasteiger partial charge in [-0.25, -0.2) is 9.07 Å². The van der Waals surface area contributed by atoms with Crippen molar-refractivity contribution in [1.29, 1.82) is 5.26 Å². The Hall–Kier alpha value is -3.13. The number of nitrogen functional groups attached to an aromatic ring is 1. The first-order chi connectivity index (χ1) is 15.1. The lowest BCUT2D eigenvalue weighted by Crippen LogP contribution is -2.38. The zero-order chi connectivity index (χ0) is 22.1. The summed E-state index contributed by atoms with van der Waals surface area (Å²) in [5, 5.41) is 20.4. The number of halogens is 2. The maximum atomic E-state index is 13.7. The molecule has 9 heteroatoms. The molecule has 1 aromatic heterocycles. The van der Waals surface area contributed by atoms with Crippen molar-refractivity contribution in [3.63, 3.8) is 0 Å². The van der Waals surface area contributed by atoms with Crippen molar-refractivity contribution in [2.45, 2.75) is 19.3 Å². The van der Waals surface area contributed by atoms with Crippen molar-refractivity contribution in [1.82, 2.24) is 20.4 Å². The Bertz CT molecular complexity index is 1070. The van der Waals surface area contributed by atoms with Crippen molar-refractivity contribution in [3.05, 3.63) is 77.2 Å². The minimum Gasteiger partial charge on any atom is -0.382 e. The van der Waals surface area contributed by atoms with Gasteiger partial charge in [0.05, 0.1) is 11.4 Å². The van der Waals surface area contributed by atoms with E-state index in [9.17, 15) is 9.65 Å². The summed E-state index contributed by atoms with van der Waals surface area (Å²) in [5.74, 6) is 0.795. The minimum absolute atomic E-state index is 0. The first kappa shape index (κ1) is 25.1. The highest BCUT2D eigenvalue weighted by molar-refractivity contribution is 14.0. The molecule has 0 fully saturated rings. The van der Waals surface area contributed by atoms with E-state index in [0.29, 0.717) is 54.5 Å². The summed E-state index contributed by atoms with van der Waals surface area (Å²) < 4.78 is 15.3. The molecule has 7 nitrogen and oxygen atoms in total. The summed E-state index contributed by atoms with van der Waals surface area (Å²) >= 11 is 0. The lowest BCUT2D eigenvalue weighted by molar-refractivity contribution is 0.606. The number of hydrogen-bond acceptors (Lipinski definition) is 4. The second-order valence-corrected chi connectivity index (χ2v) is 6.94. The molecule has 2 aromatic carbocycles. The van der Waals surface area contributed by atoms with Gasteiger partial charge in [-0.1, -0.05) is 36.4 Å². The van der Waals surface area contributed by atoms with Gasteiger partial charge in [-0.05, 0) is 43.0 Å². The van der Waals surface area contributed by atoms with E-state index in [1.807, 2.05) is 36.4 Å². The average molecular weight is 547 g/mol. The van der Waals surface area contributed by atoms with Gasteiger partial charge >= 0.3 is 0 Å². The molecule has 0 aliphatic rings. The molecule has 0 unspecified atom stereocenters. The largest absolute Gasteiger partial charge is 0.382 e. The summed E-state index contributed by atoms with van der Waals surface area (Å²) in [6.07, 6.45) is 1.91. The van der Waals surface area contributed by atoms with E-state index in [0.717, 1.165) is 12.1 Å². The molecular formula is C23H27FIN7. The molecule has 0 aliphatic heterocycles. The smallest absolute Gasteiger partial charge is 0.190 e. The Kier molecular flexibility index (Phi) is 9.94. The number of hydrogen-bond donors (Lipinski definition) is 3. The van der Waals surface area contributed by atoms with E-state index in [1.165, 1.54) is 6.07 Å². The third kappa shape index (κ3) is 6.43. The molecule has 0 aliphatic carbocycles. The average Bonchev–Trinajstić information content (AvgIpc) is 3.12. The number of aromatic nitrogens is 2. The highest BCUT2D eigenvalue weighted by Gasteiger charge is 2.16. The van der Waals surface area contributed by atoms with E-state index < -0.39 is 0 Å². The summed E-state index contributed by atoms with van der Waals surface area (Å²) in [6, 6.07) is 18.4. The number of nitrogens with zero attached hydrogens (tertiary/aromatic N) is 4. The zero-order valence-electron chi connectivity index (χ0n) is 17.9. The number of aryl methyl sites for hydroxylation is 1. The molecule has 3 rings (SSSR count). The van der Waals surface area contributed by atoms with E-state index in [1.54, 1.807) is 23.9 Å². The van der Waals surface area contributed by atoms with Crippen LogP contribution in [0.25, 0.3) is 5.69 Å². The summed E-state index contributed by atoms with van der Waals surface area (Å²) in [4.78, 5) is 4.19. The molecular weight excluding hydrogens is 520 g/mol. The van der Waals surface area contributed by atoms with Crippen LogP contribution in [-0.4, -0.2) is 35.9 Å². The highest BCUT2D eigenvalue weighted by atomic mass is 127. The lowest BCUT2D eigenvalue weighted by Gasteiger charge is -2.12. The SMILES string of the molecule is CN=C(NCCCc1nn(-c2ccccc2)c(N)c1C#N)NCCc1ccccc1F.I. The fraction of sp³-hybridized carbons (Fsp3) is 0.261. The van der Waals surface area contributed by atoms with Gasteiger partial charge in [0.15, 0.2) is 5.96 Å². The van der Waals surface area contributed by atoms with Crippen LogP contribution >= 0.6 is 24.0 Å². The number of nitriles is 1. The molecule has 1 heterocycles. The van der Waals surface area contributed by atoms with Crippen LogP contribution in [0.5, 0.6) is 0 Å². The predicted molar refractivity (Wildman–Crippen MR) is 136 cm³/mol. The Morgan fingerprint density at radius 1 is 1.09 bits per heavy atom. The molecule has 0 saturated carbocycles. The van der Waals surface area contributed by atoms with Crippen molar-refractivity contribution < 1.29 is 4.39 Å². The molecule has 0 bridgehead atoms. The first-order valence-electron chi connectivity index (χ1n) is 10.1. The monoisotopic (exact) mass is 547 g/mol. The van der Waals surface area contributed by atoms with Gasteiger partial charge in [0.1, 0.15) is 23.3 Å². The van der Waals surface area contributed by atoms with Gasteiger partial charge in [-0.2, -0.15) is 10.4 Å². The van der Waals surface area contributed by atoms with Gasteiger partial charge in [-0.15, -0.1) is 24.0 Å². The third-order valence-corrected chi connectivity index (χ3v) is 4.86. The van der Waals surface area contributed by atoms with Crippen LogP contribution in [0.15, 0.2) is 59.6 Å². The summed E-state index contributed by atoms with van der Waals surface area (Å²) in [7, 11) is 1.69. The quantitative estimate of drug-likeness (QED) is 0.174. The predicted octanol–water partition coefficient (Wildman–Crippen LogP) is 3.42. The number of rotatable bonds is 8. The summed E-state index contributed by atoms with van der Waals surface area (Å²) in [5.41, 5.74) is 8.72. The standard InChI is InChI=1S/C23H26FN7.HI/c1-27-23(29-15-13-17-8-5-6-11-20(17)24)28-14-7-12-21-19(16-25)22(26)31(30-21)18-9-3-2-4-10-18;/h2-6,8-11H,7,12-15,26H2,1H3,(H2,27,28,29);1H. The Morgan fingerprint density at radius 2 is 1.78 bits per heavy atom. The van der Waals surface area contributed by atoms with Crippen molar-refractivity contribution in [2.75, 3.05) is 25.9 Å². The van der Waals surface area contributed by atoms with E-state index in [2.05, 4.69) is 26.8 Å². The Balaban J connectivity index is 0.00000363. The molecule has 4 N–H and O–H groups in total. The maximum Gasteiger partial charge on any atom is 0.190 e. The van der Waals surface area contributed by atoms with Gasteiger partial charge in [-0.3, -0.25) is 4.99 Å². The van der Waals surface area contributed by atoms with E-state index in [4.69, 9.17) is 5.73 Å². The number of guanidine groups is 1. The molecule has 0 amide bonds. The molecule has 0 atom stereocenters. The fourth-order valence-electron chi connectivity index (χ4n) is 3.24. The molecule has 32 heavy (non-hydrogen) atoms. The Labute approximate surface area is 204 Å². The van der Waals surface area contributed by atoms with Gasteiger partial charge in [0.25, 0.3) is 0 Å². The number of anilines is 1. The van der Waals surface area contributed by atoms with E-state index in [-0.39, 0.29) is 29.8 Å². The molecule has 3 aromatic rings. The van der Waals surface area contributed by atoms with Crippen LogP contribution in [0.2, 0.25) is 0 Å². The lowest BCUT2D eigenvalue weighted by atomic mass is 10.1. The first-order valence-corrected chi connectivity index (χ1v) is 10.1. The van der Waals surface area contributed by atoms with Crippen LogP contribution in [0, 0.1) is 17.1 Å². The number of nitrogens with one attached hydrogen (secondary N) is 2. The normalized spacial score (nSPS) is 10.8. The number of benzene rings is 2. The van der Waals surface area contributed by atoms with Crippen LogP contribution in [0.1, 0.15) is 23.2 Å². The second-order valence-electron chi connectivity index (χ2n) is 6.94. The zero-order valence-corrected chi connectivity index (χ0v) is 20.2. The summed E-state index contributed by atoms with van der Waals surface area (Å²) in [6.45, 7) is 1.21. The van der Waals surface area contributed by atoms with Gasteiger partial charge < -0.3 is 16.4 Å². The van der Waals surface area contributed by atoms with Crippen LogP contribution < -0.4 is 16.4 Å². The van der Waals surface area contributed by atoms with Crippen molar-refractivity contribution in [2.24, 2.45) is 4.99 Å². The maximum absolute atomic E-state index is 13.7. The number of nitrogens with two attached hydrogens (primary N) is 1. The number of aliphatic imine (C=N–C) groups is 1. The van der Waals surface area contributed by atoms with Crippen LogP contribution in [-0.2, 0) is 12.8 Å². The second kappa shape index (κ2) is 12.7. The molecule has 0 saturated heterocycles. The van der Waals surface area contributed by atoms with Crippen LogP contribution in [0.3, 0.4) is 0 Å². The third-order valence-electron chi connectivity index (χ3n) is 4.86.